The molecule has 0 aliphatic rings. The first-order valence-corrected chi connectivity index (χ1v) is 3.95. The van der Waals surface area contributed by atoms with Crippen LogP contribution in [0.2, 0.25) is 0 Å². The summed E-state index contributed by atoms with van der Waals surface area (Å²) in [5, 5.41) is 1.01. The highest BCUT2D eigenvalue weighted by Gasteiger charge is 1.97. The molecule has 2 rings (SSSR count). The van der Waals surface area contributed by atoms with E-state index in [1.807, 2.05) is 30.3 Å². The van der Waals surface area contributed by atoms with Crippen LogP contribution in [0.3, 0.4) is 0 Å². The fourth-order valence-corrected chi connectivity index (χ4v) is 1.33. The van der Waals surface area contributed by atoms with Crippen LogP contribution in [0.15, 0.2) is 40.9 Å². The van der Waals surface area contributed by atoms with Gasteiger partial charge in [-0.3, -0.25) is 4.98 Å². The quantitative estimate of drug-likeness (QED) is 0.664. The molecule has 58 valence electrons. The van der Waals surface area contributed by atoms with Gasteiger partial charge in [0, 0.05) is 24.0 Å². The molecule has 0 saturated heterocycles. The molecule has 1 heterocycles. The van der Waals surface area contributed by atoms with Crippen LogP contribution in [0, 0.1) is 0 Å². The lowest BCUT2D eigenvalue weighted by Crippen LogP contribution is -1.75. The monoisotopic (exact) mass is 174 g/mol. The lowest BCUT2D eigenvalue weighted by atomic mass is 10.2. The minimum atomic E-state index is 0.815. The number of hydrogen-bond donors (Lipinski definition) is 0. The smallest absolute Gasteiger partial charge is 0.0863 e. The van der Waals surface area contributed by atoms with E-state index in [1.54, 1.807) is 6.20 Å². The summed E-state index contributed by atoms with van der Waals surface area (Å²) in [6.45, 7) is 0. The Morgan fingerprint density at radius 2 is 2.08 bits per heavy atom. The molecule has 0 aliphatic carbocycles. The highest BCUT2D eigenvalue weighted by Crippen LogP contribution is 2.23. The Bertz CT molecular complexity index is 420. The molecular formula is C9H6N2S. The van der Waals surface area contributed by atoms with Gasteiger partial charge in [-0.05, 0) is 24.3 Å². The highest BCUT2D eigenvalue weighted by molar-refractivity contribution is 7.47. The third-order valence-corrected chi connectivity index (χ3v) is 1.92. The van der Waals surface area contributed by atoms with Crippen molar-refractivity contribution in [3.63, 3.8) is 0 Å². The molecule has 0 radical (unpaired) electrons. The number of nitrogens with zero attached hydrogens (tertiary/aromatic N) is 2. The van der Waals surface area contributed by atoms with E-state index in [4.69, 9.17) is 0 Å². The van der Waals surface area contributed by atoms with Gasteiger partial charge in [0.1, 0.15) is 0 Å². The topological polar surface area (TPSA) is 25.2 Å². The van der Waals surface area contributed by atoms with E-state index in [1.165, 1.54) is 0 Å². The third kappa shape index (κ3) is 1.08. The number of aromatic nitrogens is 1. The first kappa shape index (κ1) is 7.31. The van der Waals surface area contributed by atoms with Crippen molar-refractivity contribution in [2.24, 2.45) is 4.36 Å². The van der Waals surface area contributed by atoms with Crippen LogP contribution in [0.4, 0.5) is 5.69 Å². The molecule has 0 bridgehead atoms. The zero-order valence-electron chi connectivity index (χ0n) is 6.27. The summed E-state index contributed by atoms with van der Waals surface area (Å²) in [5.74, 6) is 0. The number of rotatable bonds is 1. The van der Waals surface area contributed by atoms with Gasteiger partial charge in [0.05, 0.1) is 11.2 Å². The lowest BCUT2D eigenvalue weighted by Gasteiger charge is -1.97. The van der Waals surface area contributed by atoms with Gasteiger partial charge in [0.2, 0.25) is 0 Å². The molecule has 2 nitrogen and oxygen atoms in total. The van der Waals surface area contributed by atoms with E-state index < -0.39 is 0 Å². The van der Waals surface area contributed by atoms with Crippen molar-refractivity contribution >= 4 is 29.0 Å². The van der Waals surface area contributed by atoms with Crippen molar-refractivity contribution in [1.29, 1.82) is 0 Å². The lowest BCUT2D eigenvalue weighted by molar-refractivity contribution is 1.41. The van der Waals surface area contributed by atoms with E-state index in [2.05, 4.69) is 21.8 Å². The van der Waals surface area contributed by atoms with E-state index >= 15 is 0 Å². The second-order valence-electron chi connectivity index (χ2n) is 2.44. The van der Waals surface area contributed by atoms with Gasteiger partial charge in [-0.15, -0.1) is 0 Å². The molecule has 2 aromatic rings. The minimum Gasteiger partial charge on any atom is -0.256 e. The molecule has 0 aliphatic heterocycles. The van der Waals surface area contributed by atoms with Crippen LogP contribution in [0.1, 0.15) is 0 Å². The van der Waals surface area contributed by atoms with Crippen LogP contribution >= 0.6 is 0 Å². The van der Waals surface area contributed by atoms with Gasteiger partial charge in [0.25, 0.3) is 0 Å². The Morgan fingerprint density at radius 1 is 1.17 bits per heavy atom. The minimum absolute atomic E-state index is 0.815. The molecule has 0 spiro atoms. The number of hydrogen-bond acceptors (Lipinski definition) is 3. The molecule has 12 heavy (non-hydrogen) atoms. The molecule has 0 saturated carbocycles. The van der Waals surface area contributed by atoms with Crippen molar-refractivity contribution in [2.75, 3.05) is 0 Å². The predicted molar refractivity (Wildman–Crippen MR) is 51.2 cm³/mol. The first-order chi connectivity index (χ1) is 5.92. The van der Waals surface area contributed by atoms with Crippen molar-refractivity contribution in [2.45, 2.75) is 0 Å². The van der Waals surface area contributed by atoms with Gasteiger partial charge in [-0.2, -0.15) is 4.36 Å². The average molecular weight is 174 g/mol. The molecule has 1 aromatic heterocycles. The number of fused-ring (bicyclic) bond motifs is 1. The Kier molecular flexibility index (Phi) is 1.80. The Balaban J connectivity index is 2.88. The van der Waals surface area contributed by atoms with E-state index in [0.29, 0.717) is 0 Å². The second-order valence-corrected chi connectivity index (χ2v) is 2.62. The highest BCUT2D eigenvalue weighted by atomic mass is 32.1. The van der Waals surface area contributed by atoms with Crippen molar-refractivity contribution in [1.82, 2.24) is 4.98 Å². The molecule has 1 aromatic carbocycles. The summed E-state index contributed by atoms with van der Waals surface area (Å²) < 4.78 is 3.74. The third-order valence-electron chi connectivity index (χ3n) is 1.72. The zero-order valence-corrected chi connectivity index (χ0v) is 7.08. The van der Waals surface area contributed by atoms with Crippen LogP contribution in [0.5, 0.6) is 0 Å². The van der Waals surface area contributed by atoms with Crippen LogP contribution < -0.4 is 0 Å². The number of pyridine rings is 1. The SMILES string of the molecule is S=Nc1cccc2ncccc12. The summed E-state index contributed by atoms with van der Waals surface area (Å²) >= 11 is 4.64. The molecular weight excluding hydrogens is 168 g/mol. The van der Waals surface area contributed by atoms with Crippen molar-refractivity contribution < 1.29 is 0 Å². The summed E-state index contributed by atoms with van der Waals surface area (Å²) in [4.78, 5) is 4.18. The summed E-state index contributed by atoms with van der Waals surface area (Å²) in [5.41, 5.74) is 1.75. The van der Waals surface area contributed by atoms with E-state index in [9.17, 15) is 0 Å². The predicted octanol–water partition coefficient (Wildman–Crippen LogP) is 2.60. The van der Waals surface area contributed by atoms with Gasteiger partial charge in [-0.1, -0.05) is 6.07 Å². The zero-order chi connectivity index (χ0) is 8.39. The fourth-order valence-electron chi connectivity index (χ4n) is 1.17. The molecule has 0 fully saturated rings. The molecule has 3 heteroatoms. The number of benzene rings is 1. The maximum absolute atomic E-state index is 4.64. The van der Waals surface area contributed by atoms with Crippen LogP contribution in [-0.4, -0.2) is 4.98 Å². The van der Waals surface area contributed by atoms with Gasteiger partial charge in [0.15, 0.2) is 0 Å². The normalized spacial score (nSPS) is 10.0. The maximum atomic E-state index is 4.64. The van der Waals surface area contributed by atoms with E-state index in [-0.39, 0.29) is 0 Å². The largest absolute Gasteiger partial charge is 0.256 e. The maximum Gasteiger partial charge on any atom is 0.0863 e. The molecule has 0 N–H and O–H groups in total. The molecule has 0 unspecified atom stereocenters. The fraction of sp³-hybridized carbons (Fsp3) is 0. The Morgan fingerprint density at radius 3 is 2.92 bits per heavy atom. The van der Waals surface area contributed by atoms with Gasteiger partial charge >= 0.3 is 0 Å². The van der Waals surface area contributed by atoms with Gasteiger partial charge in [-0.25, -0.2) is 0 Å². The average Bonchev–Trinajstić information content (AvgIpc) is 2.17. The second kappa shape index (κ2) is 2.95. The van der Waals surface area contributed by atoms with Crippen molar-refractivity contribution in [3.05, 3.63) is 36.5 Å². The summed E-state index contributed by atoms with van der Waals surface area (Å²) in [6, 6.07) is 9.58. The Hall–Kier alpha value is -1.35. The molecule has 0 amide bonds. The molecule has 0 atom stereocenters. The van der Waals surface area contributed by atoms with Crippen LogP contribution in [-0.2, 0) is 12.4 Å². The van der Waals surface area contributed by atoms with Crippen molar-refractivity contribution in [3.8, 4) is 0 Å². The van der Waals surface area contributed by atoms with Crippen LogP contribution in [0.25, 0.3) is 10.9 Å². The van der Waals surface area contributed by atoms with E-state index in [0.717, 1.165) is 16.6 Å². The Labute approximate surface area is 75.4 Å². The first-order valence-electron chi connectivity index (χ1n) is 3.59. The van der Waals surface area contributed by atoms with Gasteiger partial charge < -0.3 is 0 Å². The standard InChI is InChI=1S/C9H6N2S/c12-11-9-5-1-4-8-7(9)3-2-6-10-8/h1-6H. The summed E-state index contributed by atoms with van der Waals surface area (Å²) in [7, 11) is 0. The summed E-state index contributed by atoms with van der Waals surface area (Å²) in [6.07, 6.45) is 1.76.